The van der Waals surface area contributed by atoms with Gasteiger partial charge in [0.1, 0.15) is 0 Å². The van der Waals surface area contributed by atoms with Crippen molar-refractivity contribution in [2.75, 3.05) is 12.8 Å². The molecule has 0 bridgehead atoms. The fourth-order valence-electron chi connectivity index (χ4n) is 1.72. The minimum Gasteiger partial charge on any atom is -0.480 e. The van der Waals surface area contributed by atoms with E-state index >= 15 is 0 Å². The number of hydrogen-bond acceptors (Lipinski definition) is 6. The van der Waals surface area contributed by atoms with Gasteiger partial charge < -0.3 is 10.5 Å². The average molecular weight is 279 g/mol. The molecule has 0 spiro atoms. The molecule has 0 amide bonds. The second kappa shape index (κ2) is 4.85. The third-order valence-electron chi connectivity index (χ3n) is 2.54. The van der Waals surface area contributed by atoms with Crippen LogP contribution in [0.4, 0.5) is 5.95 Å². The Labute approximate surface area is 111 Å². The molecule has 0 aliphatic rings. The van der Waals surface area contributed by atoms with Gasteiger partial charge in [0, 0.05) is 0 Å². The Kier molecular flexibility index (Phi) is 3.39. The lowest BCUT2D eigenvalue weighted by molar-refractivity contribution is 0.383. The summed E-state index contributed by atoms with van der Waals surface area (Å²) in [4.78, 5) is 7.79. The highest BCUT2D eigenvalue weighted by Gasteiger charge is 2.26. The number of nitrogen functional groups attached to an aromatic ring is 1. The number of benzene rings is 1. The fraction of sp³-hybridized carbons (Fsp3) is 0.167. The van der Waals surface area contributed by atoms with E-state index in [9.17, 15) is 8.42 Å². The molecule has 1 aromatic carbocycles. The van der Waals surface area contributed by atoms with Crippen LogP contribution in [0, 0.1) is 6.92 Å². The molecule has 6 nitrogen and oxygen atoms in total. The van der Waals surface area contributed by atoms with Crippen molar-refractivity contribution in [1.82, 2.24) is 9.97 Å². The normalized spacial score (nSPS) is 11.3. The number of rotatable bonds is 3. The number of ether oxygens (including phenoxy) is 1. The molecule has 0 aliphatic carbocycles. The van der Waals surface area contributed by atoms with Crippen LogP contribution in [0.3, 0.4) is 0 Å². The van der Waals surface area contributed by atoms with Crippen LogP contribution in [0.5, 0.6) is 5.88 Å². The number of hydrogen-bond donors (Lipinski definition) is 1. The Morgan fingerprint density at radius 3 is 2.37 bits per heavy atom. The first-order valence-electron chi connectivity index (χ1n) is 5.45. The average Bonchev–Trinajstić information content (AvgIpc) is 2.38. The first kappa shape index (κ1) is 13.3. The van der Waals surface area contributed by atoms with Crippen LogP contribution >= 0.6 is 0 Å². The van der Waals surface area contributed by atoms with Gasteiger partial charge >= 0.3 is 0 Å². The van der Waals surface area contributed by atoms with E-state index in [1.165, 1.54) is 19.2 Å². The Balaban J connectivity index is 2.72. The van der Waals surface area contributed by atoms with Gasteiger partial charge in [-0.2, -0.15) is 4.98 Å². The Morgan fingerprint density at radius 2 is 1.79 bits per heavy atom. The molecule has 0 radical (unpaired) electrons. The van der Waals surface area contributed by atoms with Gasteiger partial charge in [-0.1, -0.05) is 18.2 Å². The van der Waals surface area contributed by atoms with Crippen LogP contribution in [0.2, 0.25) is 0 Å². The summed E-state index contributed by atoms with van der Waals surface area (Å²) in [7, 11) is -2.40. The van der Waals surface area contributed by atoms with Crippen molar-refractivity contribution in [3.63, 3.8) is 0 Å². The Morgan fingerprint density at radius 1 is 1.16 bits per heavy atom. The zero-order valence-corrected chi connectivity index (χ0v) is 11.3. The number of aromatic nitrogens is 2. The van der Waals surface area contributed by atoms with E-state index in [1.807, 2.05) is 0 Å². The van der Waals surface area contributed by atoms with Gasteiger partial charge in [0.05, 0.1) is 17.7 Å². The van der Waals surface area contributed by atoms with Gasteiger partial charge in [-0.05, 0) is 19.1 Å². The minimum absolute atomic E-state index is 0.0265. The molecular weight excluding hydrogens is 266 g/mol. The van der Waals surface area contributed by atoms with Crippen molar-refractivity contribution in [2.24, 2.45) is 0 Å². The van der Waals surface area contributed by atoms with Crippen molar-refractivity contribution in [3.05, 3.63) is 36.0 Å². The molecular formula is C12H13N3O3S. The molecule has 0 fully saturated rings. The summed E-state index contributed by atoms with van der Waals surface area (Å²) in [6.07, 6.45) is 0. The van der Waals surface area contributed by atoms with Crippen LogP contribution in [-0.4, -0.2) is 25.5 Å². The summed E-state index contributed by atoms with van der Waals surface area (Å²) >= 11 is 0. The van der Waals surface area contributed by atoms with Gasteiger partial charge in [-0.15, -0.1) is 0 Å². The van der Waals surface area contributed by atoms with Crippen molar-refractivity contribution >= 4 is 15.8 Å². The quantitative estimate of drug-likeness (QED) is 0.907. The number of nitrogens with two attached hydrogens (primary N) is 1. The lowest BCUT2D eigenvalue weighted by Gasteiger charge is -2.11. The highest BCUT2D eigenvalue weighted by molar-refractivity contribution is 7.91. The summed E-state index contributed by atoms with van der Waals surface area (Å²) in [6, 6.07) is 8.04. The molecule has 1 aromatic heterocycles. The zero-order valence-electron chi connectivity index (χ0n) is 10.5. The maximum atomic E-state index is 12.5. The lowest BCUT2D eigenvalue weighted by atomic mass is 10.4. The maximum Gasteiger partial charge on any atom is 0.237 e. The van der Waals surface area contributed by atoms with Crippen molar-refractivity contribution in [3.8, 4) is 5.88 Å². The molecule has 0 saturated carbocycles. The van der Waals surface area contributed by atoms with E-state index in [0.717, 1.165) is 0 Å². The monoisotopic (exact) mass is 279 g/mol. The number of anilines is 1. The maximum absolute atomic E-state index is 12.5. The van der Waals surface area contributed by atoms with Crippen molar-refractivity contribution < 1.29 is 13.2 Å². The molecule has 0 atom stereocenters. The molecule has 2 aromatic rings. The minimum atomic E-state index is -3.73. The molecule has 1 heterocycles. The van der Waals surface area contributed by atoms with E-state index in [2.05, 4.69) is 9.97 Å². The summed E-state index contributed by atoms with van der Waals surface area (Å²) < 4.78 is 30.1. The smallest absolute Gasteiger partial charge is 0.237 e. The van der Waals surface area contributed by atoms with E-state index < -0.39 is 9.84 Å². The van der Waals surface area contributed by atoms with Gasteiger partial charge in [-0.3, -0.25) is 0 Å². The Hall–Kier alpha value is -2.15. The molecule has 0 saturated heterocycles. The number of sulfone groups is 1. The summed E-state index contributed by atoms with van der Waals surface area (Å²) in [5.41, 5.74) is 5.75. The summed E-state index contributed by atoms with van der Waals surface area (Å²) in [5.74, 6) is -0.0739. The van der Waals surface area contributed by atoms with E-state index in [1.54, 1.807) is 25.1 Å². The van der Waals surface area contributed by atoms with Crippen LogP contribution in [0.25, 0.3) is 0 Å². The molecule has 7 heteroatoms. The van der Waals surface area contributed by atoms with Gasteiger partial charge in [0.25, 0.3) is 0 Å². The first-order valence-corrected chi connectivity index (χ1v) is 6.93. The predicted octanol–water partition coefficient (Wildman–Crippen LogP) is 1.21. The Bertz CT molecular complexity index is 700. The fourth-order valence-corrected chi connectivity index (χ4v) is 3.27. The number of methoxy groups -OCH3 is 1. The van der Waals surface area contributed by atoms with Crippen LogP contribution < -0.4 is 10.5 Å². The lowest BCUT2D eigenvalue weighted by Crippen LogP contribution is -2.11. The number of nitrogens with zero attached hydrogens (tertiary/aromatic N) is 2. The third kappa shape index (κ3) is 2.37. The topological polar surface area (TPSA) is 95.2 Å². The highest BCUT2D eigenvalue weighted by atomic mass is 32.2. The molecule has 0 aliphatic heterocycles. The summed E-state index contributed by atoms with van der Waals surface area (Å²) in [6.45, 7) is 1.55. The highest BCUT2D eigenvalue weighted by Crippen LogP contribution is 2.30. The molecule has 2 N–H and O–H groups in total. The SMILES string of the molecule is COc1nc(N)nc(C)c1S(=O)(=O)c1ccccc1. The standard InChI is InChI=1S/C12H13N3O3S/c1-8-10(11(18-2)15-12(13)14-8)19(16,17)9-6-4-3-5-7-9/h3-7H,1-2H3,(H2,13,14,15). The zero-order chi connectivity index (χ0) is 14.0. The van der Waals surface area contributed by atoms with E-state index in [4.69, 9.17) is 10.5 Å². The van der Waals surface area contributed by atoms with Gasteiger partial charge in [-0.25, -0.2) is 13.4 Å². The second-order valence-electron chi connectivity index (χ2n) is 3.82. The van der Waals surface area contributed by atoms with E-state index in [-0.39, 0.29) is 27.3 Å². The number of aryl methyl sites for hydroxylation is 1. The predicted molar refractivity (Wildman–Crippen MR) is 69.6 cm³/mol. The van der Waals surface area contributed by atoms with Crippen LogP contribution in [-0.2, 0) is 9.84 Å². The molecule has 100 valence electrons. The van der Waals surface area contributed by atoms with Crippen LogP contribution in [0.15, 0.2) is 40.1 Å². The van der Waals surface area contributed by atoms with E-state index in [0.29, 0.717) is 0 Å². The van der Waals surface area contributed by atoms with Gasteiger partial charge in [0.2, 0.25) is 21.7 Å². The summed E-state index contributed by atoms with van der Waals surface area (Å²) in [5, 5.41) is 0. The van der Waals surface area contributed by atoms with Crippen LogP contribution in [0.1, 0.15) is 5.69 Å². The molecule has 2 rings (SSSR count). The first-order chi connectivity index (χ1) is 8.96. The van der Waals surface area contributed by atoms with Crippen molar-refractivity contribution in [2.45, 2.75) is 16.7 Å². The second-order valence-corrected chi connectivity index (χ2v) is 5.71. The van der Waals surface area contributed by atoms with Crippen molar-refractivity contribution in [1.29, 1.82) is 0 Å². The largest absolute Gasteiger partial charge is 0.480 e. The third-order valence-corrected chi connectivity index (χ3v) is 4.44. The molecule has 19 heavy (non-hydrogen) atoms. The molecule has 0 unspecified atom stereocenters. The van der Waals surface area contributed by atoms with Gasteiger partial charge in [0.15, 0.2) is 4.90 Å².